The first-order valence-electron chi connectivity index (χ1n) is 10.5. The second-order valence-electron chi connectivity index (χ2n) is 8.26. The van der Waals surface area contributed by atoms with E-state index in [0.29, 0.717) is 31.1 Å². The fraction of sp³-hybridized carbons (Fsp3) is 0.348. The molecule has 1 aromatic carbocycles. The molecule has 0 aliphatic carbocycles. The number of aryl methyl sites for hydroxylation is 2. The van der Waals surface area contributed by atoms with Gasteiger partial charge in [-0.05, 0) is 31.0 Å². The summed E-state index contributed by atoms with van der Waals surface area (Å²) in [5.74, 6) is 1.42. The number of fused-ring (bicyclic) bond motifs is 2. The number of hydrogen-bond acceptors (Lipinski definition) is 5. The van der Waals surface area contributed by atoms with Crippen LogP contribution in [-0.2, 0) is 20.0 Å². The molecule has 0 unspecified atom stereocenters. The van der Waals surface area contributed by atoms with E-state index >= 15 is 0 Å². The molecule has 4 aromatic rings. The van der Waals surface area contributed by atoms with Crippen molar-refractivity contribution in [1.82, 2.24) is 24.1 Å². The molecule has 160 valence electrons. The van der Waals surface area contributed by atoms with Gasteiger partial charge >= 0.3 is 0 Å². The topological polar surface area (TPSA) is 69.3 Å². The molecule has 0 radical (unpaired) electrons. The van der Waals surface area contributed by atoms with Crippen molar-refractivity contribution in [3.63, 3.8) is 0 Å². The highest BCUT2D eigenvalue weighted by molar-refractivity contribution is 5.76. The smallest absolute Gasteiger partial charge is 0.208 e. The third-order valence-corrected chi connectivity index (χ3v) is 5.74. The summed E-state index contributed by atoms with van der Waals surface area (Å²) in [6.45, 7) is 7.09. The van der Waals surface area contributed by atoms with Gasteiger partial charge in [0.1, 0.15) is 11.6 Å². The van der Waals surface area contributed by atoms with Gasteiger partial charge in [-0.1, -0.05) is 13.8 Å². The van der Waals surface area contributed by atoms with E-state index in [1.54, 1.807) is 12.3 Å². The van der Waals surface area contributed by atoms with Crippen LogP contribution in [0.4, 0.5) is 10.3 Å². The maximum atomic E-state index is 14.6. The molecule has 4 heterocycles. The highest BCUT2D eigenvalue weighted by Gasteiger charge is 2.21. The summed E-state index contributed by atoms with van der Waals surface area (Å²) in [4.78, 5) is 9.54. The fourth-order valence-electron chi connectivity index (χ4n) is 4.12. The van der Waals surface area contributed by atoms with Gasteiger partial charge in [0, 0.05) is 43.5 Å². The SMILES string of the molecule is Cc1cc(-c2cnc(NCc3c(F)ccc4c3CCO4)n3cc(C(C)C)nc23)n(C)n1. The van der Waals surface area contributed by atoms with Crippen LogP contribution < -0.4 is 10.1 Å². The van der Waals surface area contributed by atoms with Crippen LogP contribution in [0.2, 0.25) is 0 Å². The second kappa shape index (κ2) is 7.37. The quantitative estimate of drug-likeness (QED) is 0.523. The average Bonchev–Trinajstić information content (AvgIpc) is 3.45. The number of rotatable bonds is 5. The molecule has 3 aromatic heterocycles. The van der Waals surface area contributed by atoms with Crippen LogP contribution in [-0.4, -0.2) is 30.8 Å². The molecule has 0 saturated carbocycles. The maximum absolute atomic E-state index is 14.6. The van der Waals surface area contributed by atoms with Crippen LogP contribution in [0.1, 0.15) is 42.3 Å². The third kappa shape index (κ3) is 3.32. The number of anilines is 1. The van der Waals surface area contributed by atoms with E-state index in [9.17, 15) is 4.39 Å². The van der Waals surface area contributed by atoms with Crippen molar-refractivity contribution in [2.75, 3.05) is 11.9 Å². The van der Waals surface area contributed by atoms with E-state index in [1.807, 2.05) is 35.3 Å². The minimum atomic E-state index is -0.233. The zero-order valence-electron chi connectivity index (χ0n) is 18.1. The van der Waals surface area contributed by atoms with Crippen molar-refractivity contribution in [3.05, 3.63) is 58.9 Å². The largest absolute Gasteiger partial charge is 0.493 e. The van der Waals surface area contributed by atoms with Crippen LogP contribution >= 0.6 is 0 Å². The summed E-state index contributed by atoms with van der Waals surface area (Å²) in [5.41, 5.74) is 6.11. The Morgan fingerprint density at radius 3 is 2.87 bits per heavy atom. The van der Waals surface area contributed by atoms with Gasteiger partial charge in [0.15, 0.2) is 5.65 Å². The van der Waals surface area contributed by atoms with Gasteiger partial charge in [0.2, 0.25) is 5.95 Å². The number of aromatic nitrogens is 5. The first-order valence-corrected chi connectivity index (χ1v) is 10.5. The lowest BCUT2D eigenvalue weighted by molar-refractivity contribution is 0.356. The Bertz CT molecular complexity index is 1290. The molecule has 0 atom stereocenters. The van der Waals surface area contributed by atoms with Gasteiger partial charge in [0.05, 0.1) is 29.3 Å². The van der Waals surface area contributed by atoms with E-state index in [2.05, 4.69) is 29.2 Å². The molecule has 1 N–H and O–H groups in total. The minimum absolute atomic E-state index is 0.233. The normalized spacial score (nSPS) is 13.1. The molecule has 0 saturated heterocycles. The first-order chi connectivity index (χ1) is 14.9. The van der Waals surface area contributed by atoms with Crippen molar-refractivity contribution < 1.29 is 9.13 Å². The van der Waals surface area contributed by atoms with E-state index in [4.69, 9.17) is 9.72 Å². The molecule has 8 heteroatoms. The molecular formula is C23H25FN6O. The van der Waals surface area contributed by atoms with E-state index in [0.717, 1.165) is 39.6 Å². The molecule has 0 spiro atoms. The first kappa shape index (κ1) is 19.5. The zero-order valence-corrected chi connectivity index (χ0v) is 18.1. The molecule has 5 rings (SSSR count). The maximum Gasteiger partial charge on any atom is 0.208 e. The Balaban J connectivity index is 1.57. The standard InChI is InChI=1S/C23H25FN6O/c1-13(2)19-12-30-22(27-19)17(20-9-14(3)28-29(20)4)11-26-23(30)25-10-16-15-7-8-31-21(15)6-5-18(16)24/h5-6,9,11-13H,7-8,10H2,1-4H3,(H,25,26). The highest BCUT2D eigenvalue weighted by atomic mass is 19.1. The number of benzene rings is 1. The number of imidazole rings is 1. The lowest BCUT2D eigenvalue weighted by Gasteiger charge is -2.13. The summed E-state index contributed by atoms with van der Waals surface area (Å²) in [6.07, 6.45) is 4.52. The average molecular weight is 420 g/mol. The molecular weight excluding hydrogens is 395 g/mol. The molecule has 0 fully saturated rings. The van der Waals surface area contributed by atoms with Gasteiger partial charge in [-0.2, -0.15) is 5.10 Å². The van der Waals surface area contributed by atoms with E-state index < -0.39 is 0 Å². The predicted molar refractivity (Wildman–Crippen MR) is 117 cm³/mol. The molecule has 31 heavy (non-hydrogen) atoms. The van der Waals surface area contributed by atoms with E-state index in [-0.39, 0.29) is 11.7 Å². The predicted octanol–water partition coefficient (Wildman–Crippen LogP) is 4.25. The molecule has 0 bridgehead atoms. The van der Waals surface area contributed by atoms with Crippen molar-refractivity contribution in [3.8, 4) is 17.0 Å². The zero-order chi connectivity index (χ0) is 21.7. The Morgan fingerprint density at radius 1 is 1.29 bits per heavy atom. The summed E-state index contributed by atoms with van der Waals surface area (Å²) in [7, 11) is 1.91. The van der Waals surface area contributed by atoms with Gasteiger partial charge in [-0.25, -0.2) is 14.4 Å². The van der Waals surface area contributed by atoms with Crippen LogP contribution in [0, 0.1) is 12.7 Å². The fourth-order valence-corrected chi connectivity index (χ4v) is 4.12. The van der Waals surface area contributed by atoms with Crippen LogP contribution in [0.25, 0.3) is 16.9 Å². The van der Waals surface area contributed by atoms with Crippen LogP contribution in [0.5, 0.6) is 5.75 Å². The number of halogens is 1. The van der Waals surface area contributed by atoms with Crippen molar-refractivity contribution in [2.24, 2.45) is 7.05 Å². The number of nitrogens with zero attached hydrogens (tertiary/aromatic N) is 5. The molecule has 1 aliphatic heterocycles. The Hall–Kier alpha value is -3.42. The van der Waals surface area contributed by atoms with Crippen LogP contribution in [0.15, 0.2) is 30.6 Å². The second-order valence-corrected chi connectivity index (χ2v) is 8.26. The number of hydrogen-bond donors (Lipinski definition) is 1. The Morgan fingerprint density at radius 2 is 2.13 bits per heavy atom. The third-order valence-electron chi connectivity index (χ3n) is 5.74. The van der Waals surface area contributed by atoms with Crippen LogP contribution in [0.3, 0.4) is 0 Å². The summed E-state index contributed by atoms with van der Waals surface area (Å²) in [5, 5.41) is 7.78. The summed E-state index contributed by atoms with van der Waals surface area (Å²) in [6, 6.07) is 5.19. The molecule has 0 amide bonds. The summed E-state index contributed by atoms with van der Waals surface area (Å²) < 4.78 is 23.9. The van der Waals surface area contributed by atoms with Crippen molar-refractivity contribution in [2.45, 2.75) is 39.7 Å². The minimum Gasteiger partial charge on any atom is -0.493 e. The van der Waals surface area contributed by atoms with Gasteiger partial charge in [-0.3, -0.25) is 9.08 Å². The Labute approximate surface area is 179 Å². The summed E-state index contributed by atoms with van der Waals surface area (Å²) >= 11 is 0. The van der Waals surface area contributed by atoms with Gasteiger partial charge in [-0.15, -0.1) is 0 Å². The number of ether oxygens (including phenoxy) is 1. The molecule has 1 aliphatic rings. The van der Waals surface area contributed by atoms with E-state index in [1.165, 1.54) is 6.07 Å². The van der Waals surface area contributed by atoms with Gasteiger partial charge < -0.3 is 10.1 Å². The lowest BCUT2D eigenvalue weighted by Crippen LogP contribution is -2.10. The van der Waals surface area contributed by atoms with Gasteiger partial charge in [0.25, 0.3) is 0 Å². The monoisotopic (exact) mass is 420 g/mol. The Kier molecular flexibility index (Phi) is 4.64. The molecule has 7 nitrogen and oxygen atoms in total. The van der Waals surface area contributed by atoms with Crippen molar-refractivity contribution in [1.29, 1.82) is 0 Å². The lowest BCUT2D eigenvalue weighted by atomic mass is 10.0. The highest BCUT2D eigenvalue weighted by Crippen LogP contribution is 2.31. The van der Waals surface area contributed by atoms with Crippen molar-refractivity contribution >= 4 is 11.6 Å². The number of nitrogens with one attached hydrogen (secondary N) is 1.